The van der Waals surface area contributed by atoms with Gasteiger partial charge in [0.05, 0.1) is 27.7 Å². The summed E-state index contributed by atoms with van der Waals surface area (Å²) in [7, 11) is 1.19. The van der Waals surface area contributed by atoms with Crippen LogP contribution in [0.25, 0.3) is 0 Å². The smallest absolute Gasteiger partial charge is 0.306 e. The van der Waals surface area contributed by atoms with Gasteiger partial charge in [-0.1, -0.05) is 406 Å². The van der Waals surface area contributed by atoms with Crippen molar-refractivity contribution in [2.45, 2.75) is 418 Å². The van der Waals surface area contributed by atoms with Gasteiger partial charge in [0.25, 0.3) is 7.82 Å². The van der Waals surface area contributed by atoms with E-state index in [1.807, 2.05) is 21.1 Å². The van der Waals surface area contributed by atoms with Gasteiger partial charge in [0, 0.05) is 12.8 Å². The Balaban J connectivity index is 3.87. The standard InChI is InChI=1S/C90H164NO8P/c1-6-8-10-12-14-16-18-20-22-24-26-28-30-32-34-36-38-40-42-43-44-45-46-47-49-51-53-55-57-59-61-63-65-67-69-71-73-75-77-79-81-83-90(93)99-88(87-98-100(94,95)97-85-84-91(3,4)5)86-96-89(92)82-80-78-76-74-72-70-68-66-64-62-60-58-56-54-52-50-48-41-39-37-35-33-31-29-27-25-23-21-19-17-15-13-11-9-7-2/h8-11,14-17,20-23,26-29,88H,6-7,12-13,18-19,24-25,30-87H2,1-5H3/b10-8-,11-9-,16-14-,17-15-,22-20-,23-21-,28-26-,29-27-. The lowest BCUT2D eigenvalue weighted by Crippen LogP contribution is -2.37. The number of hydrogen-bond donors (Lipinski definition) is 0. The highest BCUT2D eigenvalue weighted by Crippen LogP contribution is 2.38. The van der Waals surface area contributed by atoms with Gasteiger partial charge in [-0.25, -0.2) is 0 Å². The van der Waals surface area contributed by atoms with E-state index >= 15 is 0 Å². The molecule has 0 spiro atoms. The predicted molar refractivity (Wildman–Crippen MR) is 434 cm³/mol. The van der Waals surface area contributed by atoms with Gasteiger partial charge >= 0.3 is 11.9 Å². The molecule has 9 nitrogen and oxygen atoms in total. The molecule has 2 atom stereocenters. The Morgan fingerprint density at radius 1 is 0.310 bits per heavy atom. The third-order valence-corrected chi connectivity index (χ3v) is 20.1. The highest BCUT2D eigenvalue weighted by atomic mass is 31.2. The van der Waals surface area contributed by atoms with Crippen molar-refractivity contribution in [2.24, 2.45) is 0 Å². The third-order valence-electron chi connectivity index (χ3n) is 19.1. The molecule has 582 valence electrons. The first-order valence-corrected chi connectivity index (χ1v) is 44.4. The molecule has 0 heterocycles. The molecule has 0 aliphatic heterocycles. The first-order chi connectivity index (χ1) is 49.0. The van der Waals surface area contributed by atoms with E-state index in [0.717, 1.165) is 83.5 Å². The van der Waals surface area contributed by atoms with Crippen molar-refractivity contribution in [3.8, 4) is 0 Å². The first-order valence-electron chi connectivity index (χ1n) is 42.9. The van der Waals surface area contributed by atoms with Crippen LogP contribution in [0.3, 0.4) is 0 Å². The molecule has 0 fully saturated rings. The molecule has 10 heteroatoms. The number of quaternary nitrogens is 1. The summed E-state index contributed by atoms with van der Waals surface area (Å²) in [6.07, 6.45) is 113. The fourth-order valence-electron chi connectivity index (χ4n) is 12.6. The Hall–Kier alpha value is -3.07. The molecular formula is C90H164NO8P. The summed E-state index contributed by atoms with van der Waals surface area (Å²) in [5.41, 5.74) is 0. The number of hydrogen-bond acceptors (Lipinski definition) is 8. The zero-order chi connectivity index (χ0) is 72.5. The normalized spacial score (nSPS) is 13.5. The van der Waals surface area contributed by atoms with Gasteiger partial charge in [0.1, 0.15) is 19.8 Å². The number of phosphoric acid groups is 1. The minimum Gasteiger partial charge on any atom is -0.756 e. The predicted octanol–water partition coefficient (Wildman–Crippen LogP) is 28.3. The maximum atomic E-state index is 12.9. The average Bonchev–Trinajstić information content (AvgIpc) is 1.30. The molecule has 2 unspecified atom stereocenters. The van der Waals surface area contributed by atoms with Crippen LogP contribution < -0.4 is 4.89 Å². The van der Waals surface area contributed by atoms with Crippen LogP contribution in [0.15, 0.2) is 97.2 Å². The lowest BCUT2D eigenvalue weighted by Gasteiger charge is -2.28. The molecule has 100 heavy (non-hydrogen) atoms. The maximum Gasteiger partial charge on any atom is 0.306 e. The number of phosphoric ester groups is 1. The number of rotatable bonds is 80. The first kappa shape index (κ1) is 96.9. The molecule has 0 amide bonds. The summed E-state index contributed by atoms with van der Waals surface area (Å²) >= 11 is 0. The fourth-order valence-corrected chi connectivity index (χ4v) is 13.4. The number of esters is 2. The van der Waals surface area contributed by atoms with E-state index in [9.17, 15) is 19.0 Å². The van der Waals surface area contributed by atoms with Crippen molar-refractivity contribution in [3.63, 3.8) is 0 Å². The molecule has 0 aromatic carbocycles. The number of nitrogens with zero attached hydrogens (tertiary/aromatic N) is 1. The van der Waals surface area contributed by atoms with Crippen molar-refractivity contribution in [3.05, 3.63) is 97.2 Å². The molecule has 0 aliphatic rings. The summed E-state index contributed by atoms with van der Waals surface area (Å²) in [6.45, 7) is 4.08. The monoisotopic (exact) mass is 1420 g/mol. The Labute approximate surface area is 621 Å². The number of carbonyl (C=O) groups is 2. The highest BCUT2D eigenvalue weighted by Gasteiger charge is 2.22. The number of likely N-dealkylation sites (N-methyl/N-ethyl adjacent to an activating group) is 1. The summed E-state index contributed by atoms with van der Waals surface area (Å²) < 4.78 is 34.5. The Kier molecular flexibility index (Phi) is 77.6. The van der Waals surface area contributed by atoms with E-state index in [1.54, 1.807) is 0 Å². The van der Waals surface area contributed by atoms with E-state index < -0.39 is 26.5 Å². The summed E-state index contributed by atoms with van der Waals surface area (Å²) in [4.78, 5) is 38.2. The molecule has 0 rings (SSSR count). The molecule has 0 aromatic rings. The minimum atomic E-state index is -4.65. The van der Waals surface area contributed by atoms with E-state index in [1.165, 1.54) is 295 Å². The van der Waals surface area contributed by atoms with Crippen LogP contribution in [0, 0.1) is 0 Å². The van der Waals surface area contributed by atoms with E-state index in [-0.39, 0.29) is 32.0 Å². The molecule has 0 radical (unpaired) electrons. The summed E-state index contributed by atoms with van der Waals surface area (Å²) in [5, 5.41) is 0. The van der Waals surface area contributed by atoms with Gasteiger partial charge in [-0.3, -0.25) is 14.2 Å². The molecular weight excluding hydrogens is 1250 g/mol. The number of allylic oxidation sites excluding steroid dienone is 16. The summed E-state index contributed by atoms with van der Waals surface area (Å²) in [6, 6.07) is 0. The maximum absolute atomic E-state index is 12.9. The van der Waals surface area contributed by atoms with Gasteiger partial charge < -0.3 is 27.9 Å². The van der Waals surface area contributed by atoms with E-state index in [2.05, 4.69) is 111 Å². The molecule has 0 aromatic heterocycles. The Morgan fingerprint density at radius 3 is 0.800 bits per heavy atom. The SMILES string of the molecule is CC/C=C\C/C=C\C/C=C\C/C=C\CCCCCCCCCCCCCCCCCCCCCCCCCCCCCCC(=O)OC(COC(=O)CCCCCCCCCCCCCCCCCCCCCCCC/C=C\C/C=C\C/C=C\C/C=C\CC)COP(=O)([O-])OCC[N+](C)(C)C. The average molecular weight is 1420 g/mol. The van der Waals surface area contributed by atoms with Crippen LogP contribution in [0.1, 0.15) is 412 Å². The molecule has 0 saturated heterocycles. The highest BCUT2D eigenvalue weighted by molar-refractivity contribution is 7.45. The number of unbranched alkanes of at least 4 members (excludes halogenated alkanes) is 50. The van der Waals surface area contributed by atoms with Crippen LogP contribution in [-0.4, -0.2) is 70.0 Å². The van der Waals surface area contributed by atoms with Crippen molar-refractivity contribution >= 4 is 19.8 Å². The Morgan fingerprint density at radius 2 is 0.540 bits per heavy atom. The van der Waals surface area contributed by atoms with Crippen molar-refractivity contribution in [1.82, 2.24) is 0 Å². The van der Waals surface area contributed by atoms with Crippen LogP contribution >= 0.6 is 7.82 Å². The van der Waals surface area contributed by atoms with Crippen LogP contribution in [0.5, 0.6) is 0 Å². The van der Waals surface area contributed by atoms with Gasteiger partial charge in [0.2, 0.25) is 0 Å². The Bertz CT molecular complexity index is 2010. The molecule has 0 saturated carbocycles. The van der Waals surface area contributed by atoms with Gasteiger partial charge in [-0.15, -0.1) is 0 Å². The van der Waals surface area contributed by atoms with Crippen molar-refractivity contribution in [1.29, 1.82) is 0 Å². The zero-order valence-electron chi connectivity index (χ0n) is 66.6. The zero-order valence-corrected chi connectivity index (χ0v) is 67.5. The van der Waals surface area contributed by atoms with Crippen molar-refractivity contribution in [2.75, 3.05) is 47.5 Å². The van der Waals surface area contributed by atoms with Crippen LogP contribution in [-0.2, 0) is 32.7 Å². The third kappa shape index (κ3) is 83.9. The van der Waals surface area contributed by atoms with Crippen LogP contribution in [0.4, 0.5) is 0 Å². The second-order valence-electron chi connectivity index (χ2n) is 30.1. The lowest BCUT2D eigenvalue weighted by atomic mass is 10.0. The number of carbonyl (C=O) groups excluding carboxylic acids is 2. The largest absolute Gasteiger partial charge is 0.756 e. The lowest BCUT2D eigenvalue weighted by molar-refractivity contribution is -0.870. The topological polar surface area (TPSA) is 111 Å². The molecule has 0 bridgehead atoms. The molecule has 0 aliphatic carbocycles. The van der Waals surface area contributed by atoms with Gasteiger partial charge in [-0.2, -0.15) is 0 Å². The summed E-state index contributed by atoms with van der Waals surface area (Å²) in [5.74, 6) is -0.810. The van der Waals surface area contributed by atoms with Crippen molar-refractivity contribution < 1.29 is 42.1 Å². The van der Waals surface area contributed by atoms with Crippen LogP contribution in [0.2, 0.25) is 0 Å². The minimum absolute atomic E-state index is 0.0293. The van der Waals surface area contributed by atoms with Gasteiger partial charge in [-0.05, 0) is 89.9 Å². The molecule has 0 N–H and O–H groups in total. The fraction of sp³-hybridized carbons (Fsp3) is 0.800. The second-order valence-corrected chi connectivity index (χ2v) is 31.6. The second kappa shape index (κ2) is 80.0. The quantitative estimate of drug-likeness (QED) is 0.0195. The number of ether oxygens (including phenoxy) is 2. The van der Waals surface area contributed by atoms with E-state index in [0.29, 0.717) is 17.4 Å². The van der Waals surface area contributed by atoms with E-state index in [4.69, 9.17) is 18.5 Å². The van der Waals surface area contributed by atoms with Gasteiger partial charge in [0.15, 0.2) is 6.10 Å².